The number of carbonyl (C=O) groups excluding carboxylic acids is 1. The highest BCUT2D eigenvalue weighted by molar-refractivity contribution is 9.10. The number of rotatable bonds is 4. The Morgan fingerprint density at radius 1 is 1.16 bits per heavy atom. The molecule has 2 aromatic carbocycles. The average Bonchev–Trinajstić information content (AvgIpc) is 2.94. The van der Waals surface area contributed by atoms with Crippen molar-refractivity contribution >= 4 is 50.5 Å². The van der Waals surface area contributed by atoms with Crippen LogP contribution in [0.2, 0.25) is 0 Å². The summed E-state index contributed by atoms with van der Waals surface area (Å²) in [4.78, 5) is 17.2. The fraction of sp³-hybridized carbons (Fsp3) is 0.111. The smallest absolute Gasteiger partial charge is 0.264 e. The quantitative estimate of drug-likeness (QED) is 0.749. The van der Waals surface area contributed by atoms with E-state index in [1.54, 1.807) is 26.4 Å². The highest BCUT2D eigenvalue weighted by atomic mass is 79.9. The van der Waals surface area contributed by atoms with Crippen molar-refractivity contribution in [3.8, 4) is 11.5 Å². The summed E-state index contributed by atoms with van der Waals surface area (Å²) in [6.45, 7) is 0. The average molecular weight is 419 g/mol. The zero-order chi connectivity index (χ0) is 17.8. The second kappa shape index (κ2) is 7.76. The molecule has 1 aliphatic heterocycles. The standard InChI is InChI=1S/C18H15BrN2O3S/c1-23-14-6-7-15(24-2)11(8-14)9-16-17(22)21-18(25-16)20-13-5-3-4-12(19)10-13/h3-10H,1-2H3,(H,20,21,22)/b16-9-. The molecule has 0 spiro atoms. The maximum atomic E-state index is 12.2. The number of thioether (sulfide) groups is 1. The molecule has 0 radical (unpaired) electrons. The summed E-state index contributed by atoms with van der Waals surface area (Å²) >= 11 is 4.69. The van der Waals surface area contributed by atoms with E-state index in [1.807, 2.05) is 36.4 Å². The predicted octanol–water partition coefficient (Wildman–Crippen LogP) is 4.36. The van der Waals surface area contributed by atoms with Gasteiger partial charge < -0.3 is 14.8 Å². The van der Waals surface area contributed by atoms with Gasteiger partial charge in [0.05, 0.1) is 24.8 Å². The Balaban J connectivity index is 1.89. The van der Waals surface area contributed by atoms with Gasteiger partial charge in [-0.1, -0.05) is 22.0 Å². The Kier molecular flexibility index (Phi) is 5.45. The van der Waals surface area contributed by atoms with Gasteiger partial charge in [-0.25, -0.2) is 4.99 Å². The number of benzene rings is 2. The minimum absolute atomic E-state index is 0.191. The fourth-order valence-corrected chi connectivity index (χ4v) is 3.46. The zero-order valence-corrected chi connectivity index (χ0v) is 16.0. The van der Waals surface area contributed by atoms with Gasteiger partial charge in [-0.3, -0.25) is 4.79 Å². The summed E-state index contributed by atoms with van der Waals surface area (Å²) in [7, 11) is 3.18. The number of ether oxygens (including phenoxy) is 2. The molecule has 0 bridgehead atoms. The molecular formula is C18H15BrN2O3S. The minimum atomic E-state index is -0.191. The van der Waals surface area contributed by atoms with Gasteiger partial charge in [-0.05, 0) is 54.2 Å². The van der Waals surface area contributed by atoms with Crippen LogP contribution in [-0.4, -0.2) is 25.3 Å². The van der Waals surface area contributed by atoms with E-state index in [-0.39, 0.29) is 5.91 Å². The van der Waals surface area contributed by atoms with Gasteiger partial charge in [0.2, 0.25) is 0 Å². The van der Waals surface area contributed by atoms with Gasteiger partial charge in [0.1, 0.15) is 11.5 Å². The van der Waals surface area contributed by atoms with Gasteiger partial charge in [-0.2, -0.15) is 0 Å². The number of carbonyl (C=O) groups is 1. The van der Waals surface area contributed by atoms with E-state index in [2.05, 4.69) is 26.2 Å². The first-order valence-corrected chi connectivity index (χ1v) is 8.97. The molecule has 3 rings (SSSR count). The monoisotopic (exact) mass is 418 g/mol. The topological polar surface area (TPSA) is 59.9 Å². The summed E-state index contributed by atoms with van der Waals surface area (Å²) in [5.74, 6) is 1.17. The number of amidine groups is 1. The number of halogens is 1. The van der Waals surface area contributed by atoms with Crippen LogP contribution in [0.3, 0.4) is 0 Å². The molecule has 5 nitrogen and oxygen atoms in total. The van der Waals surface area contributed by atoms with Crippen molar-refractivity contribution in [2.75, 3.05) is 14.2 Å². The van der Waals surface area contributed by atoms with Crippen LogP contribution in [0.25, 0.3) is 6.08 Å². The van der Waals surface area contributed by atoms with Gasteiger partial charge in [0.25, 0.3) is 5.91 Å². The lowest BCUT2D eigenvalue weighted by molar-refractivity contribution is -0.115. The van der Waals surface area contributed by atoms with Crippen LogP contribution >= 0.6 is 27.7 Å². The lowest BCUT2D eigenvalue weighted by Gasteiger charge is -2.07. The molecule has 25 heavy (non-hydrogen) atoms. The highest BCUT2D eigenvalue weighted by Gasteiger charge is 2.24. The van der Waals surface area contributed by atoms with Crippen molar-refractivity contribution in [2.24, 2.45) is 4.99 Å². The van der Waals surface area contributed by atoms with Crippen LogP contribution in [0.1, 0.15) is 5.56 Å². The molecule has 0 unspecified atom stereocenters. The van der Waals surface area contributed by atoms with Crippen molar-refractivity contribution in [3.63, 3.8) is 0 Å². The molecule has 0 aromatic heterocycles. The van der Waals surface area contributed by atoms with Crippen LogP contribution in [-0.2, 0) is 4.79 Å². The summed E-state index contributed by atoms with van der Waals surface area (Å²) in [5, 5.41) is 3.31. The summed E-state index contributed by atoms with van der Waals surface area (Å²) in [6.07, 6.45) is 1.77. The summed E-state index contributed by atoms with van der Waals surface area (Å²) in [6, 6.07) is 13.0. The molecule has 1 saturated heterocycles. The SMILES string of the molecule is COc1ccc(OC)c(/C=C2\SC(=Nc3cccc(Br)c3)NC2=O)c1. The molecule has 1 aliphatic rings. The number of hydrogen-bond donors (Lipinski definition) is 1. The van der Waals surface area contributed by atoms with Crippen molar-refractivity contribution in [1.29, 1.82) is 0 Å². The molecule has 7 heteroatoms. The number of amides is 1. The number of nitrogens with zero attached hydrogens (tertiary/aromatic N) is 1. The summed E-state index contributed by atoms with van der Waals surface area (Å²) < 4.78 is 11.5. The van der Waals surface area contributed by atoms with Crippen LogP contribution in [0.15, 0.2) is 56.8 Å². The summed E-state index contributed by atoms with van der Waals surface area (Å²) in [5.41, 5.74) is 1.53. The first kappa shape index (κ1) is 17.6. The van der Waals surface area contributed by atoms with Crippen molar-refractivity contribution in [3.05, 3.63) is 57.4 Å². The van der Waals surface area contributed by atoms with Crippen LogP contribution in [0.4, 0.5) is 5.69 Å². The van der Waals surface area contributed by atoms with E-state index < -0.39 is 0 Å². The van der Waals surface area contributed by atoms with Gasteiger partial charge in [0.15, 0.2) is 5.17 Å². The first-order valence-electron chi connectivity index (χ1n) is 7.36. The molecule has 1 fully saturated rings. The number of nitrogens with one attached hydrogen (secondary N) is 1. The number of aliphatic imine (C=N–C) groups is 1. The third-order valence-electron chi connectivity index (χ3n) is 3.41. The maximum Gasteiger partial charge on any atom is 0.264 e. The fourth-order valence-electron chi connectivity index (χ4n) is 2.24. The van der Waals surface area contributed by atoms with Gasteiger partial charge in [-0.15, -0.1) is 0 Å². The van der Waals surface area contributed by atoms with E-state index in [0.717, 1.165) is 15.7 Å². The molecule has 0 saturated carbocycles. The van der Waals surface area contributed by atoms with E-state index >= 15 is 0 Å². The second-order valence-electron chi connectivity index (χ2n) is 5.07. The largest absolute Gasteiger partial charge is 0.497 e. The molecule has 1 amide bonds. The molecule has 0 aliphatic carbocycles. The van der Waals surface area contributed by atoms with Crippen molar-refractivity contribution in [1.82, 2.24) is 5.32 Å². The number of methoxy groups -OCH3 is 2. The Bertz CT molecular complexity index is 880. The van der Waals surface area contributed by atoms with Crippen molar-refractivity contribution < 1.29 is 14.3 Å². The number of hydrogen-bond acceptors (Lipinski definition) is 5. The Labute approximate surface area is 158 Å². The normalized spacial score (nSPS) is 17.0. The van der Waals surface area contributed by atoms with Crippen LogP contribution in [0, 0.1) is 0 Å². The minimum Gasteiger partial charge on any atom is -0.497 e. The molecule has 128 valence electrons. The first-order chi connectivity index (χ1) is 12.1. The van der Waals surface area contributed by atoms with E-state index in [0.29, 0.717) is 21.6 Å². The van der Waals surface area contributed by atoms with E-state index in [1.165, 1.54) is 11.8 Å². The Morgan fingerprint density at radius 3 is 2.72 bits per heavy atom. The molecule has 1 heterocycles. The predicted molar refractivity (Wildman–Crippen MR) is 104 cm³/mol. The van der Waals surface area contributed by atoms with Gasteiger partial charge in [0, 0.05) is 10.0 Å². The van der Waals surface area contributed by atoms with E-state index in [4.69, 9.17) is 9.47 Å². The lowest BCUT2D eigenvalue weighted by Crippen LogP contribution is -2.19. The van der Waals surface area contributed by atoms with E-state index in [9.17, 15) is 4.79 Å². The molecular weight excluding hydrogens is 404 g/mol. The molecule has 2 aromatic rings. The molecule has 0 atom stereocenters. The maximum absolute atomic E-state index is 12.2. The third kappa shape index (κ3) is 4.24. The van der Waals surface area contributed by atoms with Crippen LogP contribution in [0.5, 0.6) is 11.5 Å². The second-order valence-corrected chi connectivity index (χ2v) is 7.02. The third-order valence-corrected chi connectivity index (χ3v) is 4.82. The highest BCUT2D eigenvalue weighted by Crippen LogP contribution is 2.32. The Hall–Kier alpha value is -2.25. The van der Waals surface area contributed by atoms with Gasteiger partial charge >= 0.3 is 0 Å². The van der Waals surface area contributed by atoms with Crippen LogP contribution < -0.4 is 14.8 Å². The lowest BCUT2D eigenvalue weighted by atomic mass is 10.1. The molecule has 1 N–H and O–H groups in total. The van der Waals surface area contributed by atoms with Crippen molar-refractivity contribution in [2.45, 2.75) is 0 Å². The Morgan fingerprint density at radius 2 is 2.00 bits per heavy atom. The zero-order valence-electron chi connectivity index (χ0n) is 13.6.